The van der Waals surface area contributed by atoms with Crippen molar-refractivity contribution in [2.24, 2.45) is 5.92 Å². The molecule has 4 nitrogen and oxygen atoms in total. The number of aryl methyl sites for hydroxylation is 3. The molecular weight excluding hydrogens is 264 g/mol. The second kappa shape index (κ2) is 6.06. The molecule has 2 aromatic rings. The van der Waals surface area contributed by atoms with Crippen molar-refractivity contribution in [1.29, 1.82) is 0 Å². The lowest BCUT2D eigenvalue weighted by Crippen LogP contribution is -2.23. The number of aliphatic hydroxyl groups is 1. The molecule has 0 radical (unpaired) electrons. The Hall–Kier alpha value is -1.55. The quantitative estimate of drug-likeness (QED) is 0.919. The van der Waals surface area contributed by atoms with E-state index in [0.717, 1.165) is 28.6 Å². The molecule has 0 saturated heterocycles. The van der Waals surface area contributed by atoms with Crippen molar-refractivity contribution in [3.05, 3.63) is 33.7 Å². The van der Waals surface area contributed by atoms with Gasteiger partial charge in [-0.1, -0.05) is 13.8 Å². The Balaban J connectivity index is 2.67. The number of hydrogen-bond donors (Lipinski definition) is 1. The van der Waals surface area contributed by atoms with Gasteiger partial charge in [0.1, 0.15) is 0 Å². The molecule has 0 aliphatic heterocycles. The molecule has 0 saturated carbocycles. The zero-order valence-electron chi connectivity index (χ0n) is 13.7. The highest BCUT2D eigenvalue weighted by Gasteiger charge is 2.17. The molecular formula is C17H26N2O2. The third kappa shape index (κ3) is 2.77. The van der Waals surface area contributed by atoms with Gasteiger partial charge in [-0.15, -0.1) is 0 Å². The molecule has 1 aromatic heterocycles. The normalized spacial score (nSPS) is 13.3. The summed E-state index contributed by atoms with van der Waals surface area (Å²) in [6.45, 7) is 11.5. The molecule has 1 N–H and O–H groups in total. The lowest BCUT2D eigenvalue weighted by molar-refractivity contribution is 0.150. The Kier molecular flexibility index (Phi) is 4.57. The molecule has 1 unspecified atom stereocenters. The highest BCUT2D eigenvalue weighted by atomic mass is 16.3. The van der Waals surface area contributed by atoms with Crippen molar-refractivity contribution in [1.82, 2.24) is 9.13 Å². The summed E-state index contributed by atoms with van der Waals surface area (Å²) >= 11 is 0. The predicted molar refractivity (Wildman–Crippen MR) is 86.7 cm³/mol. The first kappa shape index (κ1) is 15.8. The van der Waals surface area contributed by atoms with Crippen molar-refractivity contribution in [3.8, 4) is 0 Å². The van der Waals surface area contributed by atoms with Gasteiger partial charge in [-0.3, -0.25) is 9.13 Å². The van der Waals surface area contributed by atoms with Crippen LogP contribution in [0.25, 0.3) is 11.0 Å². The van der Waals surface area contributed by atoms with Crippen LogP contribution in [0.15, 0.2) is 16.9 Å². The molecule has 1 atom stereocenters. The van der Waals surface area contributed by atoms with Gasteiger partial charge in [0.05, 0.1) is 17.1 Å². The molecule has 0 spiro atoms. The van der Waals surface area contributed by atoms with Crippen molar-refractivity contribution >= 4 is 11.0 Å². The van der Waals surface area contributed by atoms with Gasteiger partial charge in [0, 0.05) is 13.1 Å². The molecule has 0 fully saturated rings. The standard InChI is InChI=1S/C17H26N2O2/c1-6-18-14-9-12(5)13(16(20)8-11(3)4)10-15(14)19(7-2)17(18)21/h9-11,16,20H,6-8H2,1-5H3. The van der Waals surface area contributed by atoms with E-state index in [1.165, 1.54) is 0 Å². The number of aliphatic hydroxyl groups excluding tert-OH is 1. The Bertz CT molecular complexity index is 695. The minimum absolute atomic E-state index is 0.0323. The van der Waals surface area contributed by atoms with Crippen LogP contribution in [-0.2, 0) is 13.1 Å². The van der Waals surface area contributed by atoms with Crippen LogP contribution in [0.2, 0.25) is 0 Å². The number of imidazole rings is 1. The van der Waals surface area contributed by atoms with E-state index in [9.17, 15) is 9.90 Å². The van der Waals surface area contributed by atoms with Crippen LogP contribution in [0.5, 0.6) is 0 Å². The summed E-state index contributed by atoms with van der Waals surface area (Å²) in [4.78, 5) is 12.4. The first-order chi connectivity index (χ1) is 9.90. The van der Waals surface area contributed by atoms with E-state index in [0.29, 0.717) is 19.0 Å². The molecule has 21 heavy (non-hydrogen) atoms. The zero-order valence-corrected chi connectivity index (χ0v) is 13.7. The molecule has 0 aliphatic carbocycles. The van der Waals surface area contributed by atoms with E-state index in [-0.39, 0.29) is 5.69 Å². The number of aromatic nitrogens is 2. The van der Waals surface area contributed by atoms with Crippen molar-refractivity contribution in [2.75, 3.05) is 0 Å². The third-order valence-corrected chi connectivity index (χ3v) is 4.09. The van der Waals surface area contributed by atoms with E-state index >= 15 is 0 Å². The minimum atomic E-state index is -0.472. The number of hydrogen-bond acceptors (Lipinski definition) is 2. The first-order valence-corrected chi connectivity index (χ1v) is 7.82. The summed E-state index contributed by atoms with van der Waals surface area (Å²) in [5.74, 6) is 0.434. The summed E-state index contributed by atoms with van der Waals surface area (Å²) in [6.07, 6.45) is 0.261. The number of benzene rings is 1. The van der Waals surface area contributed by atoms with Gasteiger partial charge in [-0.05, 0) is 56.4 Å². The van der Waals surface area contributed by atoms with Gasteiger partial charge >= 0.3 is 5.69 Å². The van der Waals surface area contributed by atoms with E-state index in [1.54, 1.807) is 9.13 Å². The van der Waals surface area contributed by atoms with Crippen molar-refractivity contribution in [2.45, 2.75) is 60.2 Å². The van der Waals surface area contributed by atoms with Gasteiger partial charge in [-0.2, -0.15) is 0 Å². The van der Waals surface area contributed by atoms with E-state index in [4.69, 9.17) is 0 Å². The summed E-state index contributed by atoms with van der Waals surface area (Å²) in [6, 6.07) is 4.03. The molecule has 1 aromatic carbocycles. The molecule has 4 heteroatoms. The molecule has 0 bridgehead atoms. The van der Waals surface area contributed by atoms with Crippen molar-refractivity contribution < 1.29 is 5.11 Å². The molecule has 2 rings (SSSR count). The van der Waals surface area contributed by atoms with E-state index in [1.807, 2.05) is 32.9 Å². The Labute approximate surface area is 126 Å². The van der Waals surface area contributed by atoms with Gasteiger partial charge < -0.3 is 5.11 Å². The summed E-state index contributed by atoms with van der Waals surface area (Å²) < 4.78 is 3.58. The van der Waals surface area contributed by atoms with Crippen LogP contribution in [0.4, 0.5) is 0 Å². The highest BCUT2D eigenvalue weighted by molar-refractivity contribution is 5.78. The Morgan fingerprint density at radius 3 is 2.10 bits per heavy atom. The average Bonchev–Trinajstić information content (AvgIpc) is 2.67. The van der Waals surface area contributed by atoms with Crippen LogP contribution in [0.1, 0.15) is 51.3 Å². The summed E-state index contributed by atoms with van der Waals surface area (Å²) in [5.41, 5.74) is 3.90. The lowest BCUT2D eigenvalue weighted by atomic mass is 9.95. The Morgan fingerprint density at radius 2 is 1.62 bits per heavy atom. The maximum atomic E-state index is 12.4. The van der Waals surface area contributed by atoms with Gasteiger partial charge in [0.2, 0.25) is 0 Å². The predicted octanol–water partition coefficient (Wildman–Crippen LogP) is 3.23. The average molecular weight is 290 g/mol. The molecule has 0 amide bonds. The first-order valence-electron chi connectivity index (χ1n) is 7.82. The Morgan fingerprint density at radius 1 is 1.10 bits per heavy atom. The second-order valence-corrected chi connectivity index (χ2v) is 6.11. The lowest BCUT2D eigenvalue weighted by Gasteiger charge is -2.16. The fourth-order valence-electron chi connectivity index (χ4n) is 3.03. The minimum Gasteiger partial charge on any atom is -0.388 e. The largest absolute Gasteiger partial charge is 0.388 e. The van der Waals surface area contributed by atoms with Crippen LogP contribution in [0.3, 0.4) is 0 Å². The highest BCUT2D eigenvalue weighted by Crippen LogP contribution is 2.28. The number of nitrogens with zero attached hydrogens (tertiary/aromatic N) is 2. The zero-order chi connectivity index (χ0) is 15.7. The van der Waals surface area contributed by atoms with Gasteiger partial charge in [-0.25, -0.2) is 4.79 Å². The van der Waals surface area contributed by atoms with Crippen LogP contribution in [0, 0.1) is 12.8 Å². The molecule has 116 valence electrons. The number of fused-ring (bicyclic) bond motifs is 1. The SMILES string of the molecule is CCn1c(=O)n(CC)c2cc(C(O)CC(C)C)c(C)cc21. The molecule has 1 heterocycles. The maximum absolute atomic E-state index is 12.4. The fraction of sp³-hybridized carbons (Fsp3) is 0.588. The van der Waals surface area contributed by atoms with Crippen molar-refractivity contribution in [3.63, 3.8) is 0 Å². The third-order valence-electron chi connectivity index (χ3n) is 4.09. The summed E-state index contributed by atoms with van der Waals surface area (Å²) in [7, 11) is 0. The molecule has 0 aliphatic rings. The second-order valence-electron chi connectivity index (χ2n) is 6.11. The van der Waals surface area contributed by atoms with Crippen LogP contribution >= 0.6 is 0 Å². The number of rotatable bonds is 5. The topological polar surface area (TPSA) is 47.2 Å². The fourth-order valence-corrected chi connectivity index (χ4v) is 3.03. The van der Waals surface area contributed by atoms with E-state index in [2.05, 4.69) is 13.8 Å². The summed E-state index contributed by atoms with van der Waals surface area (Å²) in [5, 5.41) is 10.4. The van der Waals surface area contributed by atoms with E-state index < -0.39 is 6.10 Å². The van der Waals surface area contributed by atoms with Crippen LogP contribution < -0.4 is 5.69 Å². The smallest absolute Gasteiger partial charge is 0.329 e. The van der Waals surface area contributed by atoms with Gasteiger partial charge in [0.25, 0.3) is 0 Å². The monoisotopic (exact) mass is 290 g/mol. The van der Waals surface area contributed by atoms with Crippen LogP contribution in [-0.4, -0.2) is 14.2 Å². The maximum Gasteiger partial charge on any atom is 0.329 e. The van der Waals surface area contributed by atoms with Gasteiger partial charge in [0.15, 0.2) is 0 Å².